The van der Waals surface area contributed by atoms with Gasteiger partial charge in [-0.2, -0.15) is 0 Å². The molecule has 21 heavy (non-hydrogen) atoms. The average molecular weight is 365 g/mol. The predicted molar refractivity (Wildman–Crippen MR) is 88.0 cm³/mol. The maximum Gasteiger partial charge on any atom is 0.162 e. The van der Waals surface area contributed by atoms with Gasteiger partial charge in [0.1, 0.15) is 5.82 Å². The summed E-state index contributed by atoms with van der Waals surface area (Å²) < 4.78 is 26.8. The van der Waals surface area contributed by atoms with E-state index in [4.69, 9.17) is 0 Å². The van der Waals surface area contributed by atoms with E-state index in [9.17, 15) is 8.94 Å². The van der Waals surface area contributed by atoms with Gasteiger partial charge in [-0.1, -0.05) is 29.8 Å². The van der Waals surface area contributed by atoms with Gasteiger partial charge in [0.05, 0.1) is 0 Å². The highest BCUT2D eigenvalue weighted by Gasteiger charge is 2.36. The molecule has 2 aromatic carbocycles. The van der Waals surface area contributed by atoms with E-state index in [2.05, 4.69) is 35.8 Å². The predicted octanol–water partition coefficient (Wildman–Crippen LogP) is 5.03. The lowest BCUT2D eigenvalue weighted by atomic mass is 9.87. The number of allylic oxidation sites excluding steroid dienone is 1. The Kier molecular flexibility index (Phi) is 3.72. The Bertz CT molecular complexity index is 722. The Labute approximate surface area is 135 Å². The van der Waals surface area contributed by atoms with Gasteiger partial charge in [0.25, 0.3) is 0 Å². The van der Waals surface area contributed by atoms with Crippen molar-refractivity contribution in [1.82, 2.24) is 0 Å². The normalized spacial score (nSPS) is 17.3. The maximum absolute atomic E-state index is 13.0. The molecule has 0 amide bonds. The summed E-state index contributed by atoms with van der Waals surface area (Å²) in [6.07, 6.45) is 2.05. The lowest BCUT2D eigenvalue weighted by Crippen LogP contribution is -2.10. The lowest BCUT2D eigenvalue weighted by Gasteiger charge is -2.16. The summed E-state index contributed by atoms with van der Waals surface area (Å²) in [6.45, 7) is 4.21. The van der Waals surface area contributed by atoms with Crippen molar-refractivity contribution >= 4 is 32.0 Å². The molecule has 0 fully saturated rings. The molecule has 0 N–H and O–H groups in total. The number of fused-ring (bicyclic) bond motifs is 1. The van der Waals surface area contributed by atoms with Gasteiger partial charge in [0.2, 0.25) is 0 Å². The smallest absolute Gasteiger partial charge is 0.162 e. The van der Waals surface area contributed by atoms with Crippen LogP contribution < -0.4 is 0 Å². The summed E-state index contributed by atoms with van der Waals surface area (Å²) in [5, 5.41) is 0. The van der Waals surface area contributed by atoms with Crippen molar-refractivity contribution in [2.24, 2.45) is 0 Å². The third-order valence-corrected chi connectivity index (χ3v) is 5.59. The molecule has 1 unspecified atom stereocenters. The molecule has 0 aromatic heterocycles. The zero-order valence-corrected chi connectivity index (χ0v) is 14.1. The van der Waals surface area contributed by atoms with Crippen molar-refractivity contribution in [2.45, 2.75) is 24.2 Å². The third kappa shape index (κ3) is 2.68. The summed E-state index contributed by atoms with van der Waals surface area (Å²) >= 11 is 2.18. The van der Waals surface area contributed by atoms with Gasteiger partial charge in [-0.05, 0) is 54.1 Å². The minimum Gasteiger partial charge on any atom is -0.606 e. The first-order valence-corrected chi connectivity index (χ1v) is 8.53. The van der Waals surface area contributed by atoms with Gasteiger partial charge in [-0.25, -0.2) is 4.39 Å². The van der Waals surface area contributed by atoms with Crippen molar-refractivity contribution in [3.63, 3.8) is 0 Å². The van der Waals surface area contributed by atoms with Crippen molar-refractivity contribution in [3.05, 3.63) is 70.0 Å². The van der Waals surface area contributed by atoms with E-state index in [0.29, 0.717) is 4.90 Å². The molecule has 1 atom stereocenters. The lowest BCUT2D eigenvalue weighted by molar-refractivity contribution is 0.603. The van der Waals surface area contributed by atoms with Gasteiger partial charge in [0, 0.05) is 26.6 Å². The molecule has 0 bridgehead atoms. The van der Waals surface area contributed by atoms with Crippen LogP contribution in [0.2, 0.25) is 0 Å². The van der Waals surface area contributed by atoms with E-state index in [1.54, 1.807) is 12.1 Å². The fraction of sp³-hybridized carbons (Fsp3) is 0.176. The van der Waals surface area contributed by atoms with Crippen LogP contribution in [0.1, 0.15) is 25.0 Å². The van der Waals surface area contributed by atoms with Crippen LogP contribution in [-0.2, 0) is 16.6 Å². The van der Waals surface area contributed by atoms with Gasteiger partial charge >= 0.3 is 0 Å². The number of hydrogen-bond acceptors (Lipinski definition) is 1. The molecule has 0 heterocycles. The van der Waals surface area contributed by atoms with Crippen LogP contribution in [0.3, 0.4) is 0 Å². The second-order valence-electron chi connectivity index (χ2n) is 5.64. The van der Waals surface area contributed by atoms with Gasteiger partial charge in [0.15, 0.2) is 9.80 Å². The monoisotopic (exact) mass is 364 g/mol. The molecule has 4 heteroatoms. The largest absolute Gasteiger partial charge is 0.606 e. The highest BCUT2D eigenvalue weighted by atomic mass is 79.9. The molecule has 0 radical (unpaired) electrons. The summed E-state index contributed by atoms with van der Waals surface area (Å²) in [5.74, 6) is -0.319. The Hall–Kier alpha value is -1.10. The first-order valence-electron chi connectivity index (χ1n) is 6.59. The standard InChI is InChI=1S/C17H14BrFOS/c1-17(2)10-16(14-8-3-11(18)9-15(14)17)21(20)13-6-4-12(19)5-7-13/h3-10H,1-2H3. The zero-order valence-electron chi connectivity index (χ0n) is 11.7. The summed E-state index contributed by atoms with van der Waals surface area (Å²) in [7, 11) is 0. The molecule has 0 spiro atoms. The molecule has 0 aliphatic heterocycles. The van der Waals surface area contributed by atoms with E-state index < -0.39 is 11.2 Å². The molecule has 1 nitrogen and oxygen atoms in total. The summed E-state index contributed by atoms with van der Waals surface area (Å²) in [4.78, 5) is 1.42. The SMILES string of the molecule is CC1(C)C=C([S+]([O-])c2ccc(F)cc2)c2ccc(Br)cc21. The van der Waals surface area contributed by atoms with Crippen LogP contribution in [0.5, 0.6) is 0 Å². The Morgan fingerprint density at radius 3 is 2.43 bits per heavy atom. The molecule has 2 aromatic rings. The minimum absolute atomic E-state index is 0.163. The summed E-state index contributed by atoms with van der Waals surface area (Å²) in [5.41, 5.74) is 2.00. The number of benzene rings is 2. The maximum atomic E-state index is 13.0. The molecule has 0 saturated carbocycles. The molecular weight excluding hydrogens is 351 g/mol. The van der Waals surface area contributed by atoms with Gasteiger partial charge < -0.3 is 4.55 Å². The Balaban J connectivity index is 2.06. The minimum atomic E-state index is -1.30. The second-order valence-corrected chi connectivity index (χ2v) is 8.01. The fourth-order valence-electron chi connectivity index (χ4n) is 2.59. The van der Waals surface area contributed by atoms with Gasteiger partial charge in [-0.15, -0.1) is 0 Å². The number of hydrogen-bond donors (Lipinski definition) is 0. The van der Waals surface area contributed by atoms with Crippen molar-refractivity contribution in [2.75, 3.05) is 0 Å². The Morgan fingerprint density at radius 1 is 1.10 bits per heavy atom. The van der Waals surface area contributed by atoms with Crippen LogP contribution in [0, 0.1) is 5.82 Å². The van der Waals surface area contributed by atoms with E-state index in [1.807, 2.05) is 18.2 Å². The van der Waals surface area contributed by atoms with Gasteiger partial charge in [-0.3, -0.25) is 0 Å². The quantitative estimate of drug-likeness (QED) is 0.685. The molecular formula is C17H14BrFOS. The number of halogens is 2. The van der Waals surface area contributed by atoms with Crippen LogP contribution >= 0.6 is 15.9 Å². The van der Waals surface area contributed by atoms with Crippen LogP contribution in [0.15, 0.2) is 57.9 Å². The van der Waals surface area contributed by atoms with E-state index in [-0.39, 0.29) is 11.2 Å². The molecule has 3 rings (SSSR count). The van der Waals surface area contributed by atoms with Crippen LogP contribution in [0.25, 0.3) is 4.91 Å². The number of rotatable bonds is 2. The first kappa shape index (κ1) is 14.8. The zero-order chi connectivity index (χ0) is 15.2. The molecule has 0 saturated heterocycles. The van der Waals surface area contributed by atoms with Crippen molar-refractivity contribution in [3.8, 4) is 0 Å². The van der Waals surface area contributed by atoms with Crippen molar-refractivity contribution < 1.29 is 8.94 Å². The highest BCUT2D eigenvalue weighted by molar-refractivity contribution is 9.10. The molecule has 108 valence electrons. The second kappa shape index (κ2) is 5.27. The van der Waals surface area contributed by atoms with E-state index >= 15 is 0 Å². The topological polar surface area (TPSA) is 23.1 Å². The summed E-state index contributed by atoms with van der Waals surface area (Å²) in [6, 6.07) is 11.9. The first-order chi connectivity index (χ1) is 9.88. The van der Waals surface area contributed by atoms with Crippen LogP contribution in [0.4, 0.5) is 4.39 Å². The molecule has 1 aliphatic rings. The van der Waals surface area contributed by atoms with E-state index in [1.165, 1.54) is 12.1 Å². The fourth-order valence-corrected chi connectivity index (χ4v) is 4.36. The Morgan fingerprint density at radius 2 is 1.76 bits per heavy atom. The van der Waals surface area contributed by atoms with Crippen molar-refractivity contribution in [1.29, 1.82) is 0 Å². The highest BCUT2D eigenvalue weighted by Crippen LogP contribution is 2.45. The average Bonchev–Trinajstić information content (AvgIpc) is 2.71. The van der Waals surface area contributed by atoms with Crippen LogP contribution in [-0.4, -0.2) is 4.55 Å². The third-order valence-electron chi connectivity index (χ3n) is 3.66. The van der Waals surface area contributed by atoms with E-state index in [0.717, 1.165) is 20.5 Å². The molecule has 1 aliphatic carbocycles.